The molecule has 1 amide bonds. The highest BCUT2D eigenvalue weighted by Gasteiger charge is 2.38. The number of aliphatic carboxylic acids is 1. The molecule has 1 saturated heterocycles. The third-order valence-corrected chi connectivity index (χ3v) is 5.66. The van der Waals surface area contributed by atoms with Gasteiger partial charge in [0.05, 0.1) is 6.42 Å². The summed E-state index contributed by atoms with van der Waals surface area (Å²) in [5, 5.41) is 8.83. The molecule has 146 valence electrons. The number of halogens is 1. The molecule has 0 aliphatic carbocycles. The summed E-state index contributed by atoms with van der Waals surface area (Å²) in [6, 6.07) is 9.61. The number of hydrogen-bond acceptors (Lipinski definition) is 3. The van der Waals surface area contributed by atoms with Crippen LogP contribution in [0.15, 0.2) is 41.2 Å². The smallest absolute Gasteiger partial charge is 0.303 e. The third kappa shape index (κ3) is 3.32. The van der Waals surface area contributed by atoms with Crippen molar-refractivity contribution in [1.29, 1.82) is 0 Å². The fraction of sp³-hybridized carbons (Fsp3) is 0.381. The molecular weight excluding hydrogens is 363 g/mol. The topological polar surface area (TPSA) is 79.6 Å². The number of pyridine rings is 1. The summed E-state index contributed by atoms with van der Waals surface area (Å²) in [7, 11) is 0. The van der Waals surface area contributed by atoms with Gasteiger partial charge in [-0.1, -0.05) is 18.2 Å². The minimum atomic E-state index is -0.996. The zero-order valence-electron chi connectivity index (χ0n) is 15.3. The van der Waals surface area contributed by atoms with E-state index >= 15 is 0 Å². The van der Waals surface area contributed by atoms with Gasteiger partial charge in [-0.15, -0.1) is 0 Å². The van der Waals surface area contributed by atoms with Crippen molar-refractivity contribution in [2.75, 3.05) is 13.1 Å². The van der Waals surface area contributed by atoms with E-state index in [1.165, 1.54) is 12.1 Å². The van der Waals surface area contributed by atoms with Crippen molar-refractivity contribution in [3.05, 3.63) is 58.3 Å². The maximum atomic E-state index is 14.4. The Hall–Kier alpha value is -2.96. The Morgan fingerprint density at radius 2 is 1.82 bits per heavy atom. The molecule has 1 aromatic carbocycles. The second-order valence-corrected chi connectivity index (χ2v) is 7.55. The van der Waals surface area contributed by atoms with E-state index in [0.29, 0.717) is 30.8 Å². The van der Waals surface area contributed by atoms with Crippen molar-refractivity contribution in [1.82, 2.24) is 9.47 Å². The van der Waals surface area contributed by atoms with Crippen molar-refractivity contribution in [2.24, 2.45) is 5.92 Å². The summed E-state index contributed by atoms with van der Waals surface area (Å²) >= 11 is 0. The van der Waals surface area contributed by atoms with Gasteiger partial charge < -0.3 is 14.6 Å². The molecule has 1 N–H and O–H groups in total. The summed E-state index contributed by atoms with van der Waals surface area (Å²) in [4.78, 5) is 37.4. The number of hydrogen-bond donors (Lipinski definition) is 1. The molecule has 0 unspecified atom stereocenters. The summed E-state index contributed by atoms with van der Waals surface area (Å²) < 4.78 is 16.2. The molecule has 6 nitrogen and oxygen atoms in total. The zero-order chi connectivity index (χ0) is 19.8. The summed E-state index contributed by atoms with van der Waals surface area (Å²) in [6.07, 6.45) is 0.603. The third-order valence-electron chi connectivity index (χ3n) is 5.66. The number of carboxylic acids is 1. The van der Waals surface area contributed by atoms with Crippen molar-refractivity contribution in [3.8, 4) is 11.1 Å². The van der Waals surface area contributed by atoms with Gasteiger partial charge in [0.1, 0.15) is 5.82 Å². The van der Waals surface area contributed by atoms with Crippen LogP contribution < -0.4 is 5.56 Å². The van der Waals surface area contributed by atoms with Crippen LogP contribution >= 0.6 is 0 Å². The molecule has 2 aromatic rings. The van der Waals surface area contributed by atoms with E-state index in [1.807, 2.05) is 0 Å². The number of aromatic nitrogens is 1. The van der Waals surface area contributed by atoms with Crippen molar-refractivity contribution in [2.45, 2.75) is 31.7 Å². The average molecular weight is 384 g/mol. The fourth-order valence-corrected chi connectivity index (χ4v) is 4.50. The van der Waals surface area contributed by atoms with E-state index in [-0.39, 0.29) is 42.0 Å². The van der Waals surface area contributed by atoms with Gasteiger partial charge in [-0.05, 0) is 24.5 Å². The highest BCUT2D eigenvalue weighted by molar-refractivity contribution is 5.81. The largest absolute Gasteiger partial charge is 0.481 e. The number of carbonyl (C=O) groups excluding carboxylic acids is 1. The summed E-state index contributed by atoms with van der Waals surface area (Å²) in [5.41, 5.74) is 1.78. The number of rotatable bonds is 4. The van der Waals surface area contributed by atoms with Crippen LogP contribution in [0.4, 0.5) is 4.39 Å². The molecule has 2 aliphatic rings. The number of carboxylic acid groups (broad SMARTS) is 1. The monoisotopic (exact) mass is 384 g/mol. The van der Waals surface area contributed by atoms with Gasteiger partial charge in [0.2, 0.25) is 5.91 Å². The number of carbonyl (C=O) groups is 2. The molecule has 0 spiro atoms. The van der Waals surface area contributed by atoms with Crippen LogP contribution in [0.25, 0.3) is 11.1 Å². The molecule has 1 aromatic heterocycles. The molecule has 7 heteroatoms. The van der Waals surface area contributed by atoms with Crippen molar-refractivity contribution in [3.63, 3.8) is 0 Å². The first-order chi connectivity index (χ1) is 13.4. The lowest BCUT2D eigenvalue weighted by Gasteiger charge is -2.43. The summed E-state index contributed by atoms with van der Waals surface area (Å²) in [5.74, 6) is -1.48. The average Bonchev–Trinajstić information content (AvgIpc) is 2.67. The molecule has 1 fully saturated rings. The van der Waals surface area contributed by atoms with Gasteiger partial charge in [-0.3, -0.25) is 14.4 Å². The summed E-state index contributed by atoms with van der Waals surface area (Å²) in [6.45, 7) is 1.42. The van der Waals surface area contributed by atoms with Gasteiger partial charge in [0.15, 0.2) is 0 Å². The predicted octanol–water partition coefficient (Wildman–Crippen LogP) is 2.46. The van der Waals surface area contributed by atoms with E-state index in [0.717, 1.165) is 12.1 Å². The second-order valence-electron chi connectivity index (χ2n) is 7.55. The molecule has 4 rings (SSSR count). The lowest BCUT2D eigenvalue weighted by molar-refractivity contribution is -0.141. The predicted molar refractivity (Wildman–Crippen MR) is 100 cm³/mol. The number of fused-ring (bicyclic) bond motifs is 4. The van der Waals surface area contributed by atoms with Gasteiger partial charge in [0, 0.05) is 54.9 Å². The van der Waals surface area contributed by atoms with Crippen LogP contribution in [0.2, 0.25) is 0 Å². The number of nitrogens with zero attached hydrogens (tertiary/aromatic N) is 2. The van der Waals surface area contributed by atoms with Crippen LogP contribution in [-0.4, -0.2) is 39.5 Å². The van der Waals surface area contributed by atoms with E-state index in [4.69, 9.17) is 5.11 Å². The first-order valence-corrected chi connectivity index (χ1v) is 9.42. The molecule has 2 bridgehead atoms. The molecular formula is C21H21FN2O4. The van der Waals surface area contributed by atoms with E-state index in [1.54, 1.807) is 33.7 Å². The van der Waals surface area contributed by atoms with Crippen LogP contribution in [-0.2, 0) is 16.1 Å². The van der Waals surface area contributed by atoms with Crippen molar-refractivity contribution >= 4 is 11.9 Å². The molecule has 28 heavy (non-hydrogen) atoms. The van der Waals surface area contributed by atoms with E-state index < -0.39 is 5.97 Å². The molecule has 2 atom stereocenters. The number of amides is 1. The Balaban J connectivity index is 1.71. The lowest BCUT2D eigenvalue weighted by Crippen LogP contribution is -2.49. The van der Waals surface area contributed by atoms with Gasteiger partial charge >= 0.3 is 5.97 Å². The molecule has 2 aliphatic heterocycles. The van der Waals surface area contributed by atoms with Crippen LogP contribution in [0, 0.1) is 11.7 Å². The van der Waals surface area contributed by atoms with Crippen LogP contribution in [0.1, 0.15) is 30.9 Å². The first kappa shape index (κ1) is 18.4. The highest BCUT2D eigenvalue weighted by atomic mass is 19.1. The number of likely N-dealkylation sites (tertiary alicyclic amines) is 1. The standard InChI is InChI=1S/C21H21FN2O4/c22-17-4-2-1-3-15(17)16-5-6-19(26)24-11-13-9-14(21(16)24)12-23(10-13)18(25)7-8-20(27)28/h1-6,13-14H,7-12H2,(H,27,28)/t13-,14+/m0/s1. The Kier molecular flexibility index (Phi) is 4.75. The normalized spacial score (nSPS) is 20.5. The second kappa shape index (κ2) is 7.22. The highest BCUT2D eigenvalue weighted by Crippen LogP contribution is 2.40. The van der Waals surface area contributed by atoms with E-state index in [9.17, 15) is 18.8 Å². The van der Waals surface area contributed by atoms with Gasteiger partial charge in [-0.2, -0.15) is 0 Å². The van der Waals surface area contributed by atoms with Crippen LogP contribution in [0.5, 0.6) is 0 Å². The molecule has 0 saturated carbocycles. The Morgan fingerprint density at radius 3 is 2.57 bits per heavy atom. The van der Waals surface area contributed by atoms with Gasteiger partial charge in [0.25, 0.3) is 5.56 Å². The number of piperidine rings is 1. The van der Waals surface area contributed by atoms with Gasteiger partial charge in [-0.25, -0.2) is 4.39 Å². The maximum Gasteiger partial charge on any atom is 0.303 e. The zero-order valence-corrected chi connectivity index (χ0v) is 15.3. The molecule has 3 heterocycles. The fourth-order valence-electron chi connectivity index (χ4n) is 4.50. The SMILES string of the molecule is O=C(O)CCC(=O)N1C[C@@H]2C[C@H](C1)c1c(-c3ccccc3F)ccc(=O)n1C2. The Bertz CT molecular complexity index is 1000. The van der Waals surface area contributed by atoms with E-state index in [2.05, 4.69) is 0 Å². The minimum absolute atomic E-state index is 0.0312. The van der Waals surface area contributed by atoms with Crippen molar-refractivity contribution < 1.29 is 19.1 Å². The Morgan fingerprint density at radius 1 is 1.04 bits per heavy atom. The lowest BCUT2D eigenvalue weighted by atomic mass is 9.80. The quantitative estimate of drug-likeness (QED) is 0.878. The molecule has 0 radical (unpaired) electrons. The van der Waals surface area contributed by atoms with Crippen LogP contribution in [0.3, 0.4) is 0 Å². The minimum Gasteiger partial charge on any atom is -0.481 e. The Labute approximate surface area is 161 Å². The number of benzene rings is 1. The maximum absolute atomic E-state index is 14.4. The first-order valence-electron chi connectivity index (χ1n) is 9.42.